The lowest BCUT2D eigenvalue weighted by Gasteiger charge is -2.30. The molecule has 0 saturated heterocycles. The molecule has 2 aliphatic rings. The molecule has 0 aromatic heterocycles. The van der Waals surface area contributed by atoms with Crippen LogP contribution in [-0.4, -0.2) is 0 Å². The van der Waals surface area contributed by atoms with E-state index in [2.05, 4.69) is 13.8 Å². The lowest BCUT2D eigenvalue weighted by atomic mass is 9.76. The van der Waals surface area contributed by atoms with Crippen molar-refractivity contribution < 1.29 is 0 Å². The lowest BCUT2D eigenvalue weighted by Crippen LogP contribution is -2.17. The molecule has 0 aromatic carbocycles. The summed E-state index contributed by atoms with van der Waals surface area (Å²) in [5.74, 6) is 2.14. The van der Waals surface area contributed by atoms with Gasteiger partial charge in [-0.15, -0.1) is 0 Å². The van der Waals surface area contributed by atoms with Crippen molar-refractivity contribution in [1.29, 1.82) is 0 Å². The standard InChI is InChI=1S/C23H44/c1-23(2)19-13-8-11-17-21-15-9-6-4-3-5-7-10-16-22(21)18-12-14-20-23/h21-22H,3-20H2,1-2H3. The molecule has 0 bridgehead atoms. The van der Waals surface area contributed by atoms with Crippen LogP contribution in [0.4, 0.5) is 0 Å². The molecule has 0 radical (unpaired) electrons. The van der Waals surface area contributed by atoms with E-state index in [1.807, 2.05) is 0 Å². The summed E-state index contributed by atoms with van der Waals surface area (Å²) in [5, 5.41) is 0. The van der Waals surface area contributed by atoms with Crippen molar-refractivity contribution in [3.63, 3.8) is 0 Å². The number of fused-ring (bicyclic) bond motifs is 1. The Kier molecular flexibility index (Phi) is 9.06. The van der Waals surface area contributed by atoms with Gasteiger partial charge in [0.05, 0.1) is 0 Å². The van der Waals surface area contributed by atoms with Crippen LogP contribution in [0.5, 0.6) is 0 Å². The molecule has 0 heterocycles. The van der Waals surface area contributed by atoms with Crippen molar-refractivity contribution in [3.8, 4) is 0 Å². The summed E-state index contributed by atoms with van der Waals surface area (Å²) in [6.07, 6.45) is 27.2. The quantitative estimate of drug-likeness (QED) is 0.421. The molecule has 2 fully saturated rings. The van der Waals surface area contributed by atoms with E-state index in [-0.39, 0.29) is 0 Å². The molecule has 2 atom stereocenters. The van der Waals surface area contributed by atoms with Gasteiger partial charge in [-0.25, -0.2) is 0 Å². The molecule has 2 unspecified atom stereocenters. The van der Waals surface area contributed by atoms with Crippen LogP contribution in [0.3, 0.4) is 0 Å². The number of rotatable bonds is 0. The van der Waals surface area contributed by atoms with Crippen molar-refractivity contribution in [3.05, 3.63) is 0 Å². The van der Waals surface area contributed by atoms with Crippen molar-refractivity contribution in [2.24, 2.45) is 17.3 Å². The first-order valence-corrected chi connectivity index (χ1v) is 11.2. The Bertz CT molecular complexity index is 290. The average Bonchev–Trinajstić information content (AvgIpc) is 2.56. The second-order valence-electron chi connectivity index (χ2n) is 9.58. The van der Waals surface area contributed by atoms with Gasteiger partial charge in [0.2, 0.25) is 0 Å². The van der Waals surface area contributed by atoms with E-state index in [9.17, 15) is 0 Å². The summed E-state index contributed by atoms with van der Waals surface area (Å²) in [6.45, 7) is 5.02. The smallest absolute Gasteiger partial charge is 0.0354 e. The van der Waals surface area contributed by atoms with Crippen molar-refractivity contribution in [1.82, 2.24) is 0 Å². The predicted octanol–water partition coefficient (Wildman–Crippen LogP) is 8.29. The van der Waals surface area contributed by atoms with Crippen molar-refractivity contribution in [2.75, 3.05) is 0 Å². The van der Waals surface area contributed by atoms with Gasteiger partial charge >= 0.3 is 0 Å². The van der Waals surface area contributed by atoms with E-state index >= 15 is 0 Å². The van der Waals surface area contributed by atoms with Gasteiger partial charge in [0.25, 0.3) is 0 Å². The summed E-state index contributed by atoms with van der Waals surface area (Å²) in [4.78, 5) is 0. The molecule has 0 heteroatoms. The maximum atomic E-state index is 2.51. The Labute approximate surface area is 147 Å². The molecule has 0 aromatic rings. The highest BCUT2D eigenvalue weighted by atomic mass is 14.3. The van der Waals surface area contributed by atoms with E-state index < -0.39 is 0 Å². The zero-order chi connectivity index (χ0) is 16.4. The predicted molar refractivity (Wildman–Crippen MR) is 104 cm³/mol. The molecule has 23 heavy (non-hydrogen) atoms. The average molecular weight is 321 g/mol. The zero-order valence-electron chi connectivity index (χ0n) is 16.4. The van der Waals surface area contributed by atoms with Crippen LogP contribution in [0.25, 0.3) is 0 Å². The van der Waals surface area contributed by atoms with Crippen LogP contribution in [-0.2, 0) is 0 Å². The molecule has 2 rings (SSSR count). The van der Waals surface area contributed by atoms with Gasteiger partial charge in [0, 0.05) is 0 Å². The Morgan fingerprint density at radius 2 is 0.739 bits per heavy atom. The first-order valence-electron chi connectivity index (χ1n) is 11.2. The van der Waals surface area contributed by atoms with E-state index in [0.29, 0.717) is 5.41 Å². The van der Waals surface area contributed by atoms with Gasteiger partial charge in [-0.05, 0) is 30.1 Å². The molecular formula is C23H44. The normalized spacial score (nSPS) is 32.6. The van der Waals surface area contributed by atoms with Crippen LogP contribution < -0.4 is 0 Å². The largest absolute Gasteiger partial charge is 0.0599 e. The van der Waals surface area contributed by atoms with Crippen LogP contribution in [0.2, 0.25) is 0 Å². The molecule has 2 saturated carbocycles. The number of hydrogen-bond acceptors (Lipinski definition) is 0. The minimum atomic E-state index is 0.604. The Hall–Kier alpha value is 0. The zero-order valence-corrected chi connectivity index (χ0v) is 16.4. The van der Waals surface area contributed by atoms with Crippen molar-refractivity contribution in [2.45, 2.75) is 129 Å². The Balaban J connectivity index is 1.92. The van der Waals surface area contributed by atoms with Crippen molar-refractivity contribution >= 4 is 0 Å². The van der Waals surface area contributed by atoms with Gasteiger partial charge in [-0.1, -0.05) is 117 Å². The van der Waals surface area contributed by atoms with Gasteiger partial charge in [-0.2, -0.15) is 0 Å². The van der Waals surface area contributed by atoms with Crippen LogP contribution in [0, 0.1) is 17.3 Å². The van der Waals surface area contributed by atoms with Crippen LogP contribution in [0.1, 0.15) is 129 Å². The van der Waals surface area contributed by atoms with Crippen LogP contribution in [0.15, 0.2) is 0 Å². The molecular weight excluding hydrogens is 276 g/mol. The fraction of sp³-hybridized carbons (Fsp3) is 1.00. The maximum Gasteiger partial charge on any atom is -0.0354 e. The van der Waals surface area contributed by atoms with Gasteiger partial charge < -0.3 is 0 Å². The summed E-state index contributed by atoms with van der Waals surface area (Å²) >= 11 is 0. The third kappa shape index (κ3) is 8.08. The Morgan fingerprint density at radius 1 is 0.435 bits per heavy atom. The van der Waals surface area contributed by atoms with Gasteiger partial charge in [0.15, 0.2) is 0 Å². The molecule has 2 aliphatic carbocycles. The minimum absolute atomic E-state index is 0.604. The summed E-state index contributed by atoms with van der Waals surface area (Å²) in [6, 6.07) is 0. The monoisotopic (exact) mass is 320 g/mol. The molecule has 0 N–H and O–H groups in total. The maximum absolute atomic E-state index is 2.51. The highest BCUT2D eigenvalue weighted by Gasteiger charge is 2.23. The highest BCUT2D eigenvalue weighted by molar-refractivity contribution is 4.75. The van der Waals surface area contributed by atoms with E-state index in [1.165, 1.54) is 89.9 Å². The number of hydrogen-bond donors (Lipinski definition) is 0. The third-order valence-electron chi connectivity index (χ3n) is 6.92. The molecule has 0 nitrogen and oxygen atoms in total. The highest BCUT2D eigenvalue weighted by Crippen LogP contribution is 2.37. The topological polar surface area (TPSA) is 0 Å². The van der Waals surface area contributed by atoms with Gasteiger partial charge in [0.1, 0.15) is 0 Å². The van der Waals surface area contributed by atoms with Gasteiger partial charge in [-0.3, -0.25) is 0 Å². The second-order valence-corrected chi connectivity index (χ2v) is 9.58. The fourth-order valence-electron chi connectivity index (χ4n) is 5.25. The first kappa shape index (κ1) is 19.3. The summed E-state index contributed by atoms with van der Waals surface area (Å²) < 4.78 is 0. The SMILES string of the molecule is CC1(C)CCCCCC2CCCCCCCCCC2CCCC1. The van der Waals surface area contributed by atoms with E-state index in [1.54, 1.807) is 25.7 Å². The Morgan fingerprint density at radius 3 is 1.22 bits per heavy atom. The molecule has 0 amide bonds. The molecule has 0 spiro atoms. The summed E-state index contributed by atoms with van der Waals surface area (Å²) in [7, 11) is 0. The van der Waals surface area contributed by atoms with Crippen LogP contribution >= 0.6 is 0 Å². The third-order valence-corrected chi connectivity index (χ3v) is 6.92. The molecule has 0 aliphatic heterocycles. The van der Waals surface area contributed by atoms with E-state index in [4.69, 9.17) is 0 Å². The van der Waals surface area contributed by atoms with E-state index in [0.717, 1.165) is 11.8 Å². The minimum Gasteiger partial charge on any atom is -0.0599 e. The first-order chi connectivity index (χ1) is 11.2. The lowest BCUT2D eigenvalue weighted by molar-refractivity contribution is 0.218. The second kappa shape index (κ2) is 10.8. The summed E-state index contributed by atoms with van der Waals surface area (Å²) in [5.41, 5.74) is 0.604. The molecule has 136 valence electrons. The fourth-order valence-corrected chi connectivity index (χ4v) is 5.25.